The Balaban J connectivity index is 1.63. The number of hydrogen-bond acceptors (Lipinski definition) is 6. The number of ether oxygens (including phenoxy) is 1. The Morgan fingerprint density at radius 1 is 1.22 bits per heavy atom. The molecule has 1 N–H and O–H groups in total. The van der Waals surface area contributed by atoms with Crippen LogP contribution in [0.25, 0.3) is 0 Å². The van der Waals surface area contributed by atoms with E-state index in [0.29, 0.717) is 42.1 Å². The third-order valence-corrected chi connectivity index (χ3v) is 6.74. The van der Waals surface area contributed by atoms with Gasteiger partial charge < -0.3 is 15.0 Å². The zero-order valence-corrected chi connectivity index (χ0v) is 17.2. The molecule has 0 unspecified atom stereocenters. The second kappa shape index (κ2) is 8.22. The lowest BCUT2D eigenvalue weighted by Crippen LogP contribution is -2.41. The van der Waals surface area contributed by atoms with Gasteiger partial charge in [-0.2, -0.15) is 11.3 Å². The van der Waals surface area contributed by atoms with E-state index in [-0.39, 0.29) is 17.7 Å². The number of anilines is 1. The molecule has 0 aliphatic carbocycles. The third kappa shape index (κ3) is 4.06. The van der Waals surface area contributed by atoms with Crippen LogP contribution in [-0.2, 0) is 9.53 Å². The number of nitrogens with zero attached hydrogens (tertiary/aromatic N) is 1. The number of nitrogens with one attached hydrogen (secondary N) is 1. The van der Waals surface area contributed by atoms with Crippen molar-refractivity contribution in [3.8, 4) is 0 Å². The van der Waals surface area contributed by atoms with Gasteiger partial charge in [-0.05, 0) is 43.7 Å². The van der Waals surface area contributed by atoms with Crippen molar-refractivity contribution in [2.75, 3.05) is 25.5 Å². The molecule has 2 aromatic heterocycles. The van der Waals surface area contributed by atoms with Gasteiger partial charge >= 0.3 is 5.97 Å². The average Bonchev–Trinajstić information content (AvgIpc) is 3.30. The van der Waals surface area contributed by atoms with Crippen LogP contribution in [0.4, 0.5) is 5.00 Å². The molecule has 2 amide bonds. The molecule has 1 saturated heterocycles. The summed E-state index contributed by atoms with van der Waals surface area (Å²) in [5.74, 6) is -0.704. The first-order valence-electron chi connectivity index (χ1n) is 8.73. The Bertz CT molecular complexity index is 849. The highest BCUT2D eigenvalue weighted by Crippen LogP contribution is 2.34. The van der Waals surface area contributed by atoms with Gasteiger partial charge in [0.15, 0.2) is 0 Å². The van der Waals surface area contributed by atoms with Crippen molar-refractivity contribution in [1.82, 2.24) is 4.90 Å². The van der Waals surface area contributed by atoms with E-state index >= 15 is 0 Å². The minimum absolute atomic E-state index is 0.0209. The Labute approximate surface area is 166 Å². The minimum atomic E-state index is -0.441. The molecule has 27 heavy (non-hydrogen) atoms. The summed E-state index contributed by atoms with van der Waals surface area (Å²) in [4.78, 5) is 39.9. The number of carbonyl (C=O) groups excluding carboxylic acids is 3. The van der Waals surface area contributed by atoms with Crippen molar-refractivity contribution in [3.63, 3.8) is 0 Å². The van der Waals surface area contributed by atoms with Crippen LogP contribution in [0, 0.1) is 19.8 Å². The lowest BCUT2D eigenvalue weighted by Gasteiger charge is -2.31. The van der Waals surface area contributed by atoms with Gasteiger partial charge in [-0.1, -0.05) is 0 Å². The number of methoxy groups -OCH3 is 1. The number of piperidine rings is 1. The zero-order valence-electron chi connectivity index (χ0n) is 15.5. The van der Waals surface area contributed by atoms with Crippen molar-refractivity contribution in [1.29, 1.82) is 0 Å². The monoisotopic (exact) mass is 406 g/mol. The van der Waals surface area contributed by atoms with Crippen LogP contribution in [0.5, 0.6) is 0 Å². The summed E-state index contributed by atoms with van der Waals surface area (Å²) in [6, 6.07) is 1.82. The Morgan fingerprint density at radius 2 is 1.93 bits per heavy atom. The number of likely N-dealkylation sites (tertiary alicyclic amines) is 1. The van der Waals surface area contributed by atoms with Gasteiger partial charge in [0, 0.05) is 29.3 Å². The summed E-state index contributed by atoms with van der Waals surface area (Å²) < 4.78 is 4.85. The molecular formula is C19H22N2O4S2. The van der Waals surface area contributed by atoms with E-state index in [9.17, 15) is 14.4 Å². The molecule has 6 nitrogen and oxygen atoms in total. The number of esters is 1. The topological polar surface area (TPSA) is 75.7 Å². The molecule has 3 heterocycles. The van der Waals surface area contributed by atoms with Crippen LogP contribution in [0.3, 0.4) is 0 Å². The second-order valence-corrected chi connectivity index (χ2v) is 8.55. The van der Waals surface area contributed by atoms with Gasteiger partial charge in [0.25, 0.3) is 5.91 Å². The second-order valence-electron chi connectivity index (χ2n) is 6.55. The largest absolute Gasteiger partial charge is 0.465 e. The van der Waals surface area contributed by atoms with Gasteiger partial charge in [-0.15, -0.1) is 11.3 Å². The standard InChI is InChI=1S/C19H22N2O4S2/c1-11-12(2)27-17(15(11)19(24)25-3)20-16(22)13-4-7-21(8-5-13)18(23)14-6-9-26-10-14/h6,9-10,13H,4-5,7-8H2,1-3H3,(H,20,22). The smallest absolute Gasteiger partial charge is 0.341 e. The summed E-state index contributed by atoms with van der Waals surface area (Å²) in [7, 11) is 1.33. The number of carbonyl (C=O) groups is 3. The van der Waals surface area contributed by atoms with Gasteiger partial charge in [0.1, 0.15) is 5.00 Å². The predicted octanol–water partition coefficient (Wildman–Crippen LogP) is 3.70. The molecule has 1 aliphatic rings. The molecule has 8 heteroatoms. The fourth-order valence-electron chi connectivity index (χ4n) is 3.19. The molecule has 0 bridgehead atoms. The third-order valence-electron chi connectivity index (χ3n) is 4.93. The molecule has 0 atom stereocenters. The molecule has 3 rings (SSSR count). The molecule has 0 spiro atoms. The Kier molecular flexibility index (Phi) is 5.96. The summed E-state index contributed by atoms with van der Waals surface area (Å²) in [6.07, 6.45) is 1.22. The normalized spacial score (nSPS) is 14.9. The molecular weight excluding hydrogens is 384 g/mol. The number of amides is 2. The van der Waals surface area contributed by atoms with Crippen molar-refractivity contribution in [2.24, 2.45) is 5.92 Å². The lowest BCUT2D eigenvalue weighted by molar-refractivity contribution is -0.121. The molecule has 2 aromatic rings. The maximum atomic E-state index is 12.7. The summed E-state index contributed by atoms with van der Waals surface area (Å²) >= 11 is 2.88. The summed E-state index contributed by atoms with van der Waals surface area (Å²) in [5.41, 5.74) is 1.96. The number of thiophene rings is 2. The first kappa shape index (κ1) is 19.6. The molecule has 144 valence electrons. The molecule has 0 aromatic carbocycles. The van der Waals surface area contributed by atoms with E-state index in [1.807, 2.05) is 30.7 Å². The van der Waals surface area contributed by atoms with E-state index in [0.717, 1.165) is 10.4 Å². The SMILES string of the molecule is COC(=O)c1c(NC(=O)C2CCN(C(=O)c3ccsc3)CC2)sc(C)c1C. The first-order valence-corrected chi connectivity index (χ1v) is 10.5. The molecule has 0 radical (unpaired) electrons. The highest BCUT2D eigenvalue weighted by Gasteiger charge is 2.29. The fourth-order valence-corrected chi connectivity index (χ4v) is 4.87. The van der Waals surface area contributed by atoms with Crippen LogP contribution in [0.15, 0.2) is 16.8 Å². The molecule has 1 fully saturated rings. The van der Waals surface area contributed by atoms with Crippen molar-refractivity contribution >= 4 is 45.5 Å². The highest BCUT2D eigenvalue weighted by molar-refractivity contribution is 7.16. The first-order chi connectivity index (χ1) is 12.9. The Morgan fingerprint density at radius 3 is 2.52 bits per heavy atom. The predicted molar refractivity (Wildman–Crippen MR) is 107 cm³/mol. The van der Waals surface area contributed by atoms with Crippen LogP contribution in [-0.4, -0.2) is 42.9 Å². The van der Waals surface area contributed by atoms with E-state index in [1.54, 1.807) is 4.90 Å². The number of aryl methyl sites for hydroxylation is 1. The van der Waals surface area contributed by atoms with Gasteiger partial charge in [-0.25, -0.2) is 4.79 Å². The minimum Gasteiger partial charge on any atom is -0.465 e. The van der Waals surface area contributed by atoms with E-state index in [1.165, 1.54) is 29.8 Å². The molecule has 0 saturated carbocycles. The highest BCUT2D eigenvalue weighted by atomic mass is 32.1. The van der Waals surface area contributed by atoms with Crippen LogP contribution < -0.4 is 5.32 Å². The number of hydrogen-bond donors (Lipinski definition) is 1. The molecule has 1 aliphatic heterocycles. The summed E-state index contributed by atoms with van der Waals surface area (Å²) in [6.45, 7) is 4.87. The summed E-state index contributed by atoms with van der Waals surface area (Å²) in [5, 5.41) is 7.18. The maximum absolute atomic E-state index is 12.7. The van der Waals surface area contributed by atoms with Gasteiger partial charge in [-0.3, -0.25) is 9.59 Å². The zero-order chi connectivity index (χ0) is 19.6. The van der Waals surface area contributed by atoms with Crippen LogP contribution >= 0.6 is 22.7 Å². The lowest BCUT2D eigenvalue weighted by atomic mass is 9.95. The quantitative estimate of drug-likeness (QED) is 0.786. The van der Waals surface area contributed by atoms with E-state index in [4.69, 9.17) is 4.74 Å². The van der Waals surface area contributed by atoms with Crippen molar-refractivity contribution in [3.05, 3.63) is 38.4 Å². The van der Waals surface area contributed by atoms with E-state index in [2.05, 4.69) is 5.32 Å². The van der Waals surface area contributed by atoms with Gasteiger partial charge in [0.05, 0.1) is 18.2 Å². The van der Waals surface area contributed by atoms with Crippen molar-refractivity contribution < 1.29 is 19.1 Å². The van der Waals surface area contributed by atoms with Crippen LogP contribution in [0.2, 0.25) is 0 Å². The van der Waals surface area contributed by atoms with E-state index < -0.39 is 5.97 Å². The fraction of sp³-hybridized carbons (Fsp3) is 0.421. The Hall–Kier alpha value is -2.19. The average molecular weight is 407 g/mol. The maximum Gasteiger partial charge on any atom is 0.341 e. The number of rotatable bonds is 4. The van der Waals surface area contributed by atoms with Crippen LogP contribution in [0.1, 0.15) is 44.0 Å². The van der Waals surface area contributed by atoms with Crippen molar-refractivity contribution in [2.45, 2.75) is 26.7 Å². The van der Waals surface area contributed by atoms with Gasteiger partial charge in [0.2, 0.25) is 5.91 Å².